The number of rotatable bonds is 5. The van der Waals surface area contributed by atoms with Gasteiger partial charge in [0.25, 0.3) is 0 Å². The van der Waals surface area contributed by atoms with Gasteiger partial charge in [0.05, 0.1) is 12.1 Å². The number of benzene rings is 2. The van der Waals surface area contributed by atoms with E-state index < -0.39 is 10.0 Å². The van der Waals surface area contributed by atoms with Crippen molar-refractivity contribution in [1.82, 2.24) is 9.21 Å². The van der Waals surface area contributed by atoms with Crippen molar-refractivity contribution in [2.24, 2.45) is 0 Å². The molecular weight excluding hydrogens is 400 g/mol. The van der Waals surface area contributed by atoms with Crippen LogP contribution in [0.3, 0.4) is 0 Å². The molecule has 0 aliphatic carbocycles. The Hall–Kier alpha value is -2.35. The van der Waals surface area contributed by atoms with Gasteiger partial charge in [0.2, 0.25) is 15.9 Å². The van der Waals surface area contributed by atoms with Gasteiger partial charge in [0.1, 0.15) is 10.6 Å². The monoisotopic (exact) mass is 420 g/mol. The van der Waals surface area contributed by atoms with E-state index in [1.807, 2.05) is 24.3 Å². The molecule has 28 heavy (non-hydrogen) atoms. The molecule has 1 aliphatic rings. The van der Waals surface area contributed by atoms with Crippen LogP contribution in [0.25, 0.3) is 6.08 Å². The van der Waals surface area contributed by atoms with Crippen LogP contribution in [0.2, 0.25) is 5.02 Å². The van der Waals surface area contributed by atoms with Gasteiger partial charge in [0, 0.05) is 32.3 Å². The molecule has 1 fully saturated rings. The average molecular weight is 421 g/mol. The molecule has 2 aromatic carbocycles. The predicted molar refractivity (Wildman–Crippen MR) is 109 cm³/mol. The summed E-state index contributed by atoms with van der Waals surface area (Å²) in [5.74, 6) is 0.561. The molecule has 0 spiro atoms. The average Bonchev–Trinajstić information content (AvgIpc) is 2.72. The SMILES string of the molecule is COc1cccc(/C=C/C(=O)N2CCN(S(=O)(=O)c3ccccc3Cl)CC2)c1. The maximum Gasteiger partial charge on any atom is 0.246 e. The van der Waals surface area contributed by atoms with Crippen molar-refractivity contribution >= 4 is 33.6 Å². The van der Waals surface area contributed by atoms with Gasteiger partial charge in [-0.15, -0.1) is 0 Å². The zero-order valence-electron chi connectivity index (χ0n) is 15.4. The highest BCUT2D eigenvalue weighted by Crippen LogP contribution is 2.25. The van der Waals surface area contributed by atoms with Crippen LogP contribution in [0.4, 0.5) is 0 Å². The number of amides is 1. The molecule has 0 atom stereocenters. The van der Waals surface area contributed by atoms with E-state index in [1.165, 1.54) is 16.4 Å². The lowest BCUT2D eigenvalue weighted by atomic mass is 10.2. The first kappa shape index (κ1) is 20.4. The maximum absolute atomic E-state index is 12.8. The lowest BCUT2D eigenvalue weighted by Gasteiger charge is -2.33. The number of hydrogen-bond acceptors (Lipinski definition) is 4. The largest absolute Gasteiger partial charge is 0.497 e. The lowest BCUT2D eigenvalue weighted by molar-refractivity contribution is -0.127. The topological polar surface area (TPSA) is 66.9 Å². The summed E-state index contributed by atoms with van der Waals surface area (Å²) in [6, 6.07) is 13.8. The number of methoxy groups -OCH3 is 1. The minimum atomic E-state index is -3.67. The van der Waals surface area contributed by atoms with Gasteiger partial charge in [-0.25, -0.2) is 8.42 Å². The Balaban J connectivity index is 1.62. The van der Waals surface area contributed by atoms with Crippen molar-refractivity contribution in [2.75, 3.05) is 33.3 Å². The standard InChI is InChI=1S/C20H21ClN2O4S/c1-27-17-6-4-5-16(15-17)9-10-20(24)22-11-13-23(14-12-22)28(25,26)19-8-3-2-7-18(19)21/h2-10,15H,11-14H2,1H3/b10-9+. The minimum absolute atomic E-state index is 0.0920. The molecule has 0 aromatic heterocycles. The van der Waals surface area contributed by atoms with Crippen LogP contribution >= 0.6 is 11.6 Å². The van der Waals surface area contributed by atoms with Crippen LogP contribution in [0.1, 0.15) is 5.56 Å². The van der Waals surface area contributed by atoms with E-state index >= 15 is 0 Å². The Labute approximate surface area is 170 Å². The summed E-state index contributed by atoms with van der Waals surface area (Å²) in [5.41, 5.74) is 0.854. The van der Waals surface area contributed by atoms with E-state index in [0.717, 1.165) is 5.56 Å². The normalized spacial score (nSPS) is 15.7. The Morgan fingerprint density at radius 2 is 1.79 bits per heavy atom. The number of carbonyl (C=O) groups excluding carboxylic acids is 1. The molecule has 0 N–H and O–H groups in total. The zero-order valence-corrected chi connectivity index (χ0v) is 17.0. The molecule has 0 unspecified atom stereocenters. The molecule has 1 heterocycles. The lowest BCUT2D eigenvalue weighted by Crippen LogP contribution is -2.50. The Kier molecular flexibility index (Phi) is 6.39. The third kappa shape index (κ3) is 4.55. The second-order valence-corrected chi connectivity index (χ2v) is 8.58. The first-order valence-corrected chi connectivity index (χ1v) is 10.6. The molecule has 6 nitrogen and oxygen atoms in total. The molecular formula is C20H21ClN2O4S. The molecule has 0 bridgehead atoms. The van der Waals surface area contributed by atoms with Crippen molar-refractivity contribution in [3.63, 3.8) is 0 Å². The van der Waals surface area contributed by atoms with E-state index in [1.54, 1.807) is 36.3 Å². The van der Waals surface area contributed by atoms with Gasteiger partial charge in [-0.2, -0.15) is 4.31 Å². The van der Waals surface area contributed by atoms with Crippen molar-refractivity contribution < 1.29 is 17.9 Å². The first-order valence-electron chi connectivity index (χ1n) is 8.77. The fourth-order valence-electron chi connectivity index (χ4n) is 2.96. The van der Waals surface area contributed by atoms with E-state index in [9.17, 15) is 13.2 Å². The second kappa shape index (κ2) is 8.77. The summed E-state index contributed by atoms with van der Waals surface area (Å²) < 4.78 is 32.1. The summed E-state index contributed by atoms with van der Waals surface area (Å²) in [7, 11) is -2.09. The van der Waals surface area contributed by atoms with E-state index in [-0.39, 0.29) is 28.9 Å². The van der Waals surface area contributed by atoms with Crippen LogP contribution in [0.15, 0.2) is 59.5 Å². The zero-order chi connectivity index (χ0) is 20.1. The van der Waals surface area contributed by atoms with Gasteiger partial charge < -0.3 is 9.64 Å². The second-order valence-electron chi connectivity index (χ2n) is 6.27. The summed E-state index contributed by atoms with van der Waals surface area (Å²) in [6.07, 6.45) is 3.21. The number of sulfonamides is 1. The van der Waals surface area contributed by atoms with Crippen LogP contribution in [0.5, 0.6) is 5.75 Å². The fourth-order valence-corrected chi connectivity index (χ4v) is 4.88. The maximum atomic E-state index is 12.8. The van der Waals surface area contributed by atoms with E-state index in [4.69, 9.17) is 16.3 Å². The van der Waals surface area contributed by atoms with Gasteiger partial charge in [0.15, 0.2) is 0 Å². The van der Waals surface area contributed by atoms with Crippen LogP contribution in [-0.2, 0) is 14.8 Å². The van der Waals surface area contributed by atoms with E-state index in [2.05, 4.69) is 0 Å². The van der Waals surface area contributed by atoms with Crippen molar-refractivity contribution in [3.8, 4) is 5.75 Å². The summed E-state index contributed by atoms with van der Waals surface area (Å²) in [6.45, 7) is 1.11. The highest BCUT2D eigenvalue weighted by molar-refractivity contribution is 7.89. The van der Waals surface area contributed by atoms with Gasteiger partial charge in [-0.05, 0) is 35.9 Å². The third-order valence-electron chi connectivity index (χ3n) is 4.52. The number of hydrogen-bond donors (Lipinski definition) is 0. The predicted octanol–water partition coefficient (Wildman–Crippen LogP) is 2.89. The fraction of sp³-hybridized carbons (Fsp3) is 0.250. The Bertz CT molecular complexity index is 983. The van der Waals surface area contributed by atoms with Crippen LogP contribution in [0, 0.1) is 0 Å². The molecule has 3 rings (SSSR count). The summed E-state index contributed by atoms with van der Waals surface area (Å²) in [4.78, 5) is 14.2. The molecule has 1 saturated heterocycles. The Morgan fingerprint density at radius 3 is 2.46 bits per heavy atom. The number of halogens is 1. The van der Waals surface area contributed by atoms with Crippen molar-refractivity contribution in [2.45, 2.75) is 4.90 Å². The van der Waals surface area contributed by atoms with Gasteiger partial charge in [-0.1, -0.05) is 35.9 Å². The molecule has 8 heteroatoms. The van der Waals surface area contributed by atoms with Crippen LogP contribution < -0.4 is 4.74 Å². The number of ether oxygens (including phenoxy) is 1. The summed E-state index contributed by atoms with van der Waals surface area (Å²) in [5, 5.41) is 0.197. The van der Waals surface area contributed by atoms with E-state index in [0.29, 0.717) is 18.8 Å². The number of piperazine rings is 1. The molecule has 0 radical (unpaired) electrons. The molecule has 0 saturated carbocycles. The minimum Gasteiger partial charge on any atom is -0.497 e. The van der Waals surface area contributed by atoms with Crippen molar-refractivity contribution in [3.05, 3.63) is 65.2 Å². The first-order chi connectivity index (χ1) is 13.4. The quantitative estimate of drug-likeness (QED) is 0.697. The Morgan fingerprint density at radius 1 is 1.07 bits per heavy atom. The summed E-state index contributed by atoms with van der Waals surface area (Å²) >= 11 is 6.04. The number of nitrogens with zero attached hydrogens (tertiary/aromatic N) is 2. The molecule has 2 aromatic rings. The molecule has 148 valence electrons. The molecule has 1 aliphatic heterocycles. The van der Waals surface area contributed by atoms with Gasteiger partial charge >= 0.3 is 0 Å². The smallest absolute Gasteiger partial charge is 0.246 e. The third-order valence-corrected chi connectivity index (χ3v) is 6.92. The van der Waals surface area contributed by atoms with Crippen LogP contribution in [-0.4, -0.2) is 56.8 Å². The van der Waals surface area contributed by atoms with Gasteiger partial charge in [-0.3, -0.25) is 4.79 Å². The van der Waals surface area contributed by atoms with Crippen molar-refractivity contribution in [1.29, 1.82) is 0 Å². The highest BCUT2D eigenvalue weighted by Gasteiger charge is 2.30. The number of carbonyl (C=O) groups is 1. The molecule has 1 amide bonds. The highest BCUT2D eigenvalue weighted by atomic mass is 35.5.